The van der Waals surface area contributed by atoms with Gasteiger partial charge in [-0.3, -0.25) is 4.79 Å². The second kappa shape index (κ2) is 7.95. The molecule has 2 aromatic rings. The van der Waals surface area contributed by atoms with Crippen molar-refractivity contribution in [1.82, 2.24) is 9.21 Å². The Kier molecular flexibility index (Phi) is 5.61. The zero-order valence-corrected chi connectivity index (χ0v) is 15.7. The molecule has 2 aromatic carbocycles. The fraction of sp³-hybridized carbons (Fsp3) is 0.222. The van der Waals surface area contributed by atoms with Crippen molar-refractivity contribution in [2.45, 2.75) is 4.90 Å². The van der Waals surface area contributed by atoms with E-state index in [4.69, 9.17) is 5.73 Å². The summed E-state index contributed by atoms with van der Waals surface area (Å²) in [5.74, 6) is -0.907. The molecule has 0 spiro atoms. The van der Waals surface area contributed by atoms with Gasteiger partial charge in [-0.15, -0.1) is 0 Å². The van der Waals surface area contributed by atoms with Gasteiger partial charge in [-0.2, -0.15) is 4.31 Å². The number of halogens is 1. The summed E-state index contributed by atoms with van der Waals surface area (Å²) in [5.41, 5.74) is 5.82. The van der Waals surface area contributed by atoms with Crippen LogP contribution in [0.2, 0.25) is 0 Å². The number of rotatable bonds is 4. The highest BCUT2D eigenvalue weighted by molar-refractivity contribution is 7.89. The van der Waals surface area contributed by atoms with Crippen molar-refractivity contribution in [2.75, 3.05) is 31.5 Å². The van der Waals surface area contributed by atoms with Crippen molar-refractivity contribution in [2.24, 2.45) is 5.73 Å². The van der Waals surface area contributed by atoms with E-state index in [1.807, 2.05) is 0 Å². The molecule has 3 amide bonds. The van der Waals surface area contributed by atoms with Crippen LogP contribution in [-0.4, -0.2) is 55.7 Å². The first kappa shape index (κ1) is 19.8. The van der Waals surface area contributed by atoms with E-state index >= 15 is 0 Å². The van der Waals surface area contributed by atoms with Crippen LogP contribution in [0.1, 0.15) is 10.4 Å². The van der Waals surface area contributed by atoms with Crippen LogP contribution in [-0.2, 0) is 10.0 Å². The van der Waals surface area contributed by atoms with Gasteiger partial charge in [0.15, 0.2) is 0 Å². The van der Waals surface area contributed by atoms with Gasteiger partial charge in [-0.25, -0.2) is 17.6 Å². The Hall–Kier alpha value is -2.98. The third-order valence-corrected chi connectivity index (χ3v) is 6.23. The average molecular weight is 406 g/mol. The Morgan fingerprint density at radius 1 is 1.00 bits per heavy atom. The highest BCUT2D eigenvalue weighted by atomic mass is 32.2. The highest BCUT2D eigenvalue weighted by Crippen LogP contribution is 2.20. The lowest BCUT2D eigenvalue weighted by molar-refractivity contribution is 0.0698. The third-order valence-electron chi connectivity index (χ3n) is 4.34. The van der Waals surface area contributed by atoms with Crippen molar-refractivity contribution >= 4 is 27.6 Å². The van der Waals surface area contributed by atoms with E-state index in [0.717, 1.165) is 6.07 Å². The third kappa shape index (κ3) is 4.29. The number of amides is 3. The van der Waals surface area contributed by atoms with Crippen LogP contribution < -0.4 is 11.1 Å². The minimum absolute atomic E-state index is 0.101. The SMILES string of the molecule is NC(=O)Nc1cccc(C(=O)N2CCN(S(=O)(=O)c3cccc(F)c3)CC2)c1. The van der Waals surface area contributed by atoms with Crippen LogP contribution in [0.5, 0.6) is 0 Å². The summed E-state index contributed by atoms with van der Waals surface area (Å²) in [6.07, 6.45) is 0. The molecule has 0 radical (unpaired) electrons. The maximum atomic E-state index is 13.4. The van der Waals surface area contributed by atoms with E-state index in [9.17, 15) is 22.4 Å². The van der Waals surface area contributed by atoms with E-state index in [2.05, 4.69) is 5.32 Å². The highest BCUT2D eigenvalue weighted by Gasteiger charge is 2.30. The van der Waals surface area contributed by atoms with Gasteiger partial charge in [0.05, 0.1) is 4.90 Å². The van der Waals surface area contributed by atoms with Crippen LogP contribution in [0, 0.1) is 5.82 Å². The predicted molar refractivity (Wildman–Crippen MR) is 101 cm³/mol. The van der Waals surface area contributed by atoms with E-state index < -0.39 is 21.9 Å². The number of hydrogen-bond acceptors (Lipinski definition) is 4. The van der Waals surface area contributed by atoms with E-state index in [-0.39, 0.29) is 37.0 Å². The van der Waals surface area contributed by atoms with E-state index in [1.165, 1.54) is 33.5 Å². The van der Waals surface area contributed by atoms with Crippen molar-refractivity contribution in [3.63, 3.8) is 0 Å². The molecule has 3 rings (SSSR count). The Bertz CT molecular complexity index is 1000. The fourth-order valence-corrected chi connectivity index (χ4v) is 4.42. The van der Waals surface area contributed by atoms with Crippen molar-refractivity contribution in [1.29, 1.82) is 0 Å². The molecule has 148 valence electrons. The van der Waals surface area contributed by atoms with Gasteiger partial charge < -0.3 is 16.0 Å². The first-order chi connectivity index (χ1) is 13.3. The molecule has 0 unspecified atom stereocenters. The molecule has 0 saturated carbocycles. The summed E-state index contributed by atoms with van der Waals surface area (Å²) in [4.78, 5) is 25.0. The Morgan fingerprint density at radius 2 is 1.68 bits per heavy atom. The smallest absolute Gasteiger partial charge is 0.316 e. The number of anilines is 1. The summed E-state index contributed by atoms with van der Waals surface area (Å²) < 4.78 is 39.9. The number of nitrogens with two attached hydrogens (primary N) is 1. The Labute approximate surface area is 161 Å². The number of nitrogens with zero attached hydrogens (tertiary/aromatic N) is 2. The summed E-state index contributed by atoms with van der Waals surface area (Å²) in [6, 6.07) is 10.4. The zero-order valence-electron chi connectivity index (χ0n) is 14.8. The molecule has 1 aliphatic rings. The molecule has 8 nitrogen and oxygen atoms in total. The molecular formula is C18H19FN4O4S. The first-order valence-electron chi connectivity index (χ1n) is 8.49. The molecular weight excluding hydrogens is 387 g/mol. The number of benzene rings is 2. The Morgan fingerprint density at radius 3 is 2.32 bits per heavy atom. The topological polar surface area (TPSA) is 113 Å². The normalized spacial score (nSPS) is 15.2. The lowest BCUT2D eigenvalue weighted by Crippen LogP contribution is -2.50. The van der Waals surface area contributed by atoms with E-state index in [0.29, 0.717) is 11.3 Å². The number of carbonyl (C=O) groups excluding carboxylic acids is 2. The lowest BCUT2D eigenvalue weighted by Gasteiger charge is -2.34. The molecule has 1 aliphatic heterocycles. The molecule has 1 saturated heterocycles. The molecule has 28 heavy (non-hydrogen) atoms. The van der Waals surface area contributed by atoms with Gasteiger partial charge in [0.1, 0.15) is 5.82 Å². The second-order valence-corrected chi connectivity index (χ2v) is 8.16. The molecule has 1 heterocycles. The summed E-state index contributed by atoms with van der Waals surface area (Å²) >= 11 is 0. The number of nitrogens with one attached hydrogen (secondary N) is 1. The van der Waals surface area contributed by atoms with Gasteiger partial charge in [-0.1, -0.05) is 12.1 Å². The van der Waals surface area contributed by atoms with Crippen LogP contribution in [0.3, 0.4) is 0 Å². The van der Waals surface area contributed by atoms with Gasteiger partial charge >= 0.3 is 6.03 Å². The fourth-order valence-electron chi connectivity index (χ4n) is 2.96. The van der Waals surface area contributed by atoms with Crippen LogP contribution in [0.25, 0.3) is 0 Å². The predicted octanol–water partition coefficient (Wildman–Crippen LogP) is 1.46. The quantitative estimate of drug-likeness (QED) is 0.800. The first-order valence-corrected chi connectivity index (χ1v) is 9.93. The molecule has 0 aliphatic carbocycles. The van der Waals surface area contributed by atoms with Gasteiger partial charge in [-0.05, 0) is 36.4 Å². The number of urea groups is 1. The molecule has 0 atom stereocenters. The largest absolute Gasteiger partial charge is 0.351 e. The average Bonchev–Trinajstić information content (AvgIpc) is 2.67. The van der Waals surface area contributed by atoms with E-state index in [1.54, 1.807) is 18.2 Å². The lowest BCUT2D eigenvalue weighted by atomic mass is 10.1. The van der Waals surface area contributed by atoms with Crippen LogP contribution in [0.15, 0.2) is 53.4 Å². The number of hydrogen-bond donors (Lipinski definition) is 2. The minimum atomic E-state index is -3.82. The number of sulfonamides is 1. The van der Waals surface area contributed by atoms with Crippen LogP contribution >= 0.6 is 0 Å². The number of piperazine rings is 1. The monoisotopic (exact) mass is 406 g/mol. The molecule has 0 bridgehead atoms. The summed E-state index contributed by atoms with van der Waals surface area (Å²) in [7, 11) is -3.82. The number of carbonyl (C=O) groups is 2. The minimum Gasteiger partial charge on any atom is -0.351 e. The van der Waals surface area contributed by atoms with Crippen molar-refractivity contribution < 1.29 is 22.4 Å². The maximum Gasteiger partial charge on any atom is 0.316 e. The molecule has 3 N–H and O–H groups in total. The molecule has 1 fully saturated rings. The van der Waals surface area contributed by atoms with Crippen LogP contribution in [0.4, 0.5) is 14.9 Å². The molecule has 10 heteroatoms. The zero-order chi connectivity index (χ0) is 20.3. The van der Waals surface area contributed by atoms with Crippen molar-refractivity contribution in [3.8, 4) is 0 Å². The number of primary amides is 1. The summed E-state index contributed by atoms with van der Waals surface area (Å²) in [6.45, 7) is 0.593. The van der Waals surface area contributed by atoms with Gasteiger partial charge in [0, 0.05) is 37.4 Å². The molecule has 0 aromatic heterocycles. The maximum absolute atomic E-state index is 13.4. The standard InChI is InChI=1S/C18H19FN4O4S/c19-14-4-2-6-16(12-14)28(26,27)23-9-7-22(8-10-23)17(24)13-3-1-5-15(11-13)21-18(20)25/h1-6,11-12H,7-10H2,(H3,20,21,25). The van der Waals surface area contributed by atoms with Gasteiger partial charge in [0.2, 0.25) is 10.0 Å². The van der Waals surface area contributed by atoms with Crippen molar-refractivity contribution in [3.05, 3.63) is 59.9 Å². The van der Waals surface area contributed by atoms with Gasteiger partial charge in [0.25, 0.3) is 5.91 Å². The second-order valence-electron chi connectivity index (χ2n) is 6.22. The summed E-state index contributed by atoms with van der Waals surface area (Å²) in [5, 5.41) is 2.40. The Balaban J connectivity index is 1.68.